The third-order valence-corrected chi connectivity index (χ3v) is 5.70. The van der Waals surface area contributed by atoms with E-state index in [0.717, 1.165) is 16.0 Å². The summed E-state index contributed by atoms with van der Waals surface area (Å²) in [5.74, 6) is -3.71. The number of benzene rings is 1. The molecule has 12 heteroatoms. The van der Waals surface area contributed by atoms with Gasteiger partial charge in [0.15, 0.2) is 10.6 Å². The number of thiophene rings is 1. The Morgan fingerprint density at radius 2 is 1.79 bits per heavy atom. The molecule has 1 atom stereocenters. The van der Waals surface area contributed by atoms with Gasteiger partial charge in [0.2, 0.25) is 5.88 Å². The SMILES string of the molecule is Cc1cc(Oc2c(C(=O)NC(C)c3ccc(C(=O)O)cc3)c(C(F)F)nn2C)c(C(=O)O)s1. The summed E-state index contributed by atoms with van der Waals surface area (Å²) < 4.78 is 33.9. The Morgan fingerprint density at radius 3 is 2.33 bits per heavy atom. The monoisotopic (exact) mass is 479 g/mol. The molecule has 1 amide bonds. The van der Waals surface area contributed by atoms with Gasteiger partial charge in [-0.2, -0.15) is 5.10 Å². The van der Waals surface area contributed by atoms with Gasteiger partial charge in [0.1, 0.15) is 11.3 Å². The Morgan fingerprint density at radius 1 is 1.15 bits per heavy atom. The predicted octanol–water partition coefficient (Wildman–Crippen LogP) is 4.41. The summed E-state index contributed by atoms with van der Waals surface area (Å²) in [5.41, 5.74) is -0.746. The van der Waals surface area contributed by atoms with Crippen LogP contribution in [0, 0.1) is 6.92 Å². The van der Waals surface area contributed by atoms with Crippen LogP contribution in [-0.2, 0) is 7.05 Å². The van der Waals surface area contributed by atoms with E-state index in [0.29, 0.717) is 10.4 Å². The lowest BCUT2D eigenvalue weighted by Crippen LogP contribution is -2.27. The number of amides is 1. The number of aromatic carboxylic acids is 2. The average molecular weight is 479 g/mol. The number of nitrogens with one attached hydrogen (secondary N) is 1. The van der Waals surface area contributed by atoms with Crippen LogP contribution in [0.5, 0.6) is 11.6 Å². The number of carboxylic acid groups (broad SMARTS) is 2. The molecular formula is C21H19F2N3O6S. The van der Waals surface area contributed by atoms with Crippen molar-refractivity contribution in [1.29, 1.82) is 0 Å². The summed E-state index contributed by atoms with van der Waals surface area (Å²) in [7, 11) is 1.30. The molecular weight excluding hydrogens is 460 g/mol. The second-order valence-electron chi connectivity index (χ2n) is 7.07. The maximum Gasteiger partial charge on any atom is 0.349 e. The average Bonchev–Trinajstić information content (AvgIpc) is 3.28. The predicted molar refractivity (Wildman–Crippen MR) is 114 cm³/mol. The third-order valence-electron chi connectivity index (χ3n) is 4.68. The minimum Gasteiger partial charge on any atom is -0.478 e. The number of ether oxygens (including phenoxy) is 1. The molecule has 0 aliphatic rings. The lowest BCUT2D eigenvalue weighted by molar-refractivity contribution is 0.0687. The van der Waals surface area contributed by atoms with Gasteiger partial charge in [-0.25, -0.2) is 23.1 Å². The minimum atomic E-state index is -3.09. The zero-order chi connectivity index (χ0) is 24.4. The number of alkyl halides is 2. The van der Waals surface area contributed by atoms with Gasteiger partial charge in [-0.1, -0.05) is 12.1 Å². The van der Waals surface area contributed by atoms with Crippen molar-refractivity contribution in [2.75, 3.05) is 0 Å². The van der Waals surface area contributed by atoms with Crippen molar-refractivity contribution in [2.24, 2.45) is 7.05 Å². The highest BCUT2D eigenvalue weighted by atomic mass is 32.1. The Bertz CT molecular complexity index is 1220. The number of aromatic nitrogens is 2. The molecule has 2 heterocycles. The van der Waals surface area contributed by atoms with Crippen LogP contribution in [0.25, 0.3) is 0 Å². The quantitative estimate of drug-likeness (QED) is 0.436. The van der Waals surface area contributed by atoms with E-state index in [2.05, 4.69) is 10.4 Å². The first-order valence-electron chi connectivity index (χ1n) is 9.50. The molecule has 0 fully saturated rings. The molecule has 3 aromatic rings. The summed E-state index contributed by atoms with van der Waals surface area (Å²) >= 11 is 0.941. The van der Waals surface area contributed by atoms with Crippen molar-refractivity contribution in [2.45, 2.75) is 26.3 Å². The largest absolute Gasteiger partial charge is 0.478 e. The van der Waals surface area contributed by atoms with E-state index in [4.69, 9.17) is 9.84 Å². The van der Waals surface area contributed by atoms with Crippen LogP contribution in [0.4, 0.5) is 8.78 Å². The number of aryl methyl sites for hydroxylation is 2. The van der Waals surface area contributed by atoms with Gasteiger partial charge < -0.3 is 20.3 Å². The van der Waals surface area contributed by atoms with Crippen LogP contribution >= 0.6 is 11.3 Å². The van der Waals surface area contributed by atoms with Crippen molar-refractivity contribution in [3.8, 4) is 11.6 Å². The van der Waals surface area contributed by atoms with Gasteiger partial charge in [0.25, 0.3) is 12.3 Å². The maximum atomic E-state index is 13.7. The number of hydrogen-bond acceptors (Lipinski definition) is 6. The van der Waals surface area contributed by atoms with Crippen LogP contribution < -0.4 is 10.1 Å². The Kier molecular flexibility index (Phi) is 6.77. The molecule has 174 valence electrons. The molecule has 3 N–H and O–H groups in total. The molecule has 0 aliphatic heterocycles. The fraction of sp³-hybridized carbons (Fsp3) is 0.238. The molecule has 1 aromatic carbocycles. The summed E-state index contributed by atoms with van der Waals surface area (Å²) in [6.07, 6.45) is -3.09. The number of carbonyl (C=O) groups is 3. The summed E-state index contributed by atoms with van der Waals surface area (Å²) in [6.45, 7) is 3.25. The summed E-state index contributed by atoms with van der Waals surface area (Å²) in [6, 6.07) is 6.47. The topological polar surface area (TPSA) is 131 Å². The van der Waals surface area contributed by atoms with E-state index in [1.165, 1.54) is 37.4 Å². The second kappa shape index (κ2) is 9.36. The number of nitrogens with zero attached hydrogens (tertiary/aromatic N) is 2. The van der Waals surface area contributed by atoms with Crippen molar-refractivity contribution < 1.29 is 38.1 Å². The van der Waals surface area contributed by atoms with Gasteiger partial charge in [0, 0.05) is 11.9 Å². The van der Waals surface area contributed by atoms with E-state index in [1.54, 1.807) is 13.8 Å². The first kappa shape index (κ1) is 23.9. The van der Waals surface area contributed by atoms with Crippen LogP contribution in [-0.4, -0.2) is 37.8 Å². The molecule has 0 aliphatic carbocycles. The highest BCUT2D eigenvalue weighted by Gasteiger charge is 2.31. The number of carbonyl (C=O) groups excluding carboxylic acids is 1. The molecule has 9 nitrogen and oxygen atoms in total. The Labute approximate surface area is 190 Å². The van der Waals surface area contributed by atoms with Gasteiger partial charge >= 0.3 is 11.9 Å². The van der Waals surface area contributed by atoms with E-state index in [9.17, 15) is 28.3 Å². The molecule has 33 heavy (non-hydrogen) atoms. The molecule has 2 aromatic heterocycles. The normalized spacial score (nSPS) is 11.9. The van der Waals surface area contributed by atoms with Gasteiger partial charge in [-0.05, 0) is 37.6 Å². The smallest absolute Gasteiger partial charge is 0.349 e. The number of hydrogen-bond donors (Lipinski definition) is 3. The molecule has 1 unspecified atom stereocenters. The van der Waals surface area contributed by atoms with Crippen molar-refractivity contribution in [3.63, 3.8) is 0 Å². The highest BCUT2D eigenvalue weighted by molar-refractivity contribution is 7.14. The van der Waals surface area contributed by atoms with E-state index >= 15 is 0 Å². The summed E-state index contributed by atoms with van der Waals surface area (Å²) in [4.78, 5) is 35.9. The second-order valence-corrected chi connectivity index (χ2v) is 8.33. The maximum absolute atomic E-state index is 13.7. The highest BCUT2D eigenvalue weighted by Crippen LogP contribution is 2.37. The van der Waals surface area contributed by atoms with E-state index in [-0.39, 0.29) is 22.1 Å². The first-order valence-corrected chi connectivity index (χ1v) is 10.3. The van der Waals surface area contributed by atoms with E-state index < -0.39 is 41.6 Å². The van der Waals surface area contributed by atoms with Gasteiger partial charge in [-0.15, -0.1) is 11.3 Å². The fourth-order valence-corrected chi connectivity index (χ4v) is 3.87. The molecule has 0 bridgehead atoms. The molecule has 0 saturated carbocycles. The van der Waals surface area contributed by atoms with Crippen LogP contribution in [0.15, 0.2) is 30.3 Å². The van der Waals surface area contributed by atoms with Crippen LogP contribution in [0.1, 0.15) is 65.9 Å². The Hall–Kier alpha value is -3.80. The number of halogens is 2. The number of carboxylic acids is 2. The molecule has 0 saturated heterocycles. The fourth-order valence-electron chi connectivity index (χ4n) is 3.10. The van der Waals surface area contributed by atoms with Gasteiger partial charge in [-0.3, -0.25) is 4.79 Å². The third kappa shape index (κ3) is 5.00. The van der Waals surface area contributed by atoms with Crippen molar-refractivity contribution in [1.82, 2.24) is 15.1 Å². The minimum absolute atomic E-state index is 0.0560. The van der Waals surface area contributed by atoms with Crippen molar-refractivity contribution >= 4 is 29.2 Å². The standard InChI is InChI=1S/C21H19F2N3O6S/c1-9-8-13(16(33-9)21(30)31)32-19-14(15(17(22)23)25-26(19)3)18(27)24-10(2)11-4-6-12(7-5-11)20(28)29/h4-8,10,17H,1-3H3,(H,24,27)(H,28,29)(H,30,31). The van der Waals surface area contributed by atoms with Gasteiger partial charge in [0.05, 0.1) is 11.6 Å². The lowest BCUT2D eigenvalue weighted by atomic mass is 10.1. The van der Waals surface area contributed by atoms with Crippen LogP contribution in [0.2, 0.25) is 0 Å². The van der Waals surface area contributed by atoms with Crippen LogP contribution in [0.3, 0.4) is 0 Å². The first-order chi connectivity index (χ1) is 15.5. The zero-order valence-corrected chi connectivity index (χ0v) is 18.4. The zero-order valence-electron chi connectivity index (χ0n) is 17.6. The van der Waals surface area contributed by atoms with Crippen molar-refractivity contribution in [3.05, 3.63) is 62.5 Å². The Balaban J connectivity index is 1.95. The lowest BCUT2D eigenvalue weighted by Gasteiger charge is -2.15. The molecule has 0 radical (unpaired) electrons. The number of rotatable bonds is 8. The van der Waals surface area contributed by atoms with E-state index in [1.807, 2.05) is 0 Å². The molecule has 3 rings (SSSR count). The molecule has 0 spiro atoms. The summed E-state index contributed by atoms with van der Waals surface area (Å²) in [5, 5.41) is 24.6.